The lowest BCUT2D eigenvalue weighted by Crippen LogP contribution is -2.40. The molecule has 1 amide bonds. The molecular formula is C57H108N4O7. The van der Waals surface area contributed by atoms with E-state index in [4.69, 9.17) is 28.4 Å². The minimum atomic E-state index is -0.179. The van der Waals surface area contributed by atoms with Crippen LogP contribution in [0.5, 0.6) is 0 Å². The number of carbonyl (C=O) groups excluding carboxylic acids is 1. The molecule has 3 unspecified atom stereocenters. The predicted octanol–water partition coefficient (Wildman–Crippen LogP) is 13.0. The van der Waals surface area contributed by atoms with Crippen LogP contribution in [0.3, 0.4) is 0 Å². The lowest BCUT2D eigenvalue weighted by Gasteiger charge is -2.28. The van der Waals surface area contributed by atoms with Gasteiger partial charge in [0.25, 0.3) is 0 Å². The summed E-state index contributed by atoms with van der Waals surface area (Å²) in [6.45, 7) is 23.5. The zero-order valence-electron chi connectivity index (χ0n) is 45.6. The number of benzene rings is 1. The number of ether oxygens (including phenoxy) is 6. The Hall–Kier alpha value is -2.09. The summed E-state index contributed by atoms with van der Waals surface area (Å²) < 4.78 is 36.0. The van der Waals surface area contributed by atoms with Crippen LogP contribution >= 0.6 is 0 Å². The van der Waals surface area contributed by atoms with Gasteiger partial charge in [-0.15, -0.1) is 0 Å². The van der Waals surface area contributed by atoms with Gasteiger partial charge in [-0.1, -0.05) is 129 Å². The Morgan fingerprint density at radius 2 is 0.779 bits per heavy atom. The van der Waals surface area contributed by atoms with Crippen molar-refractivity contribution >= 4 is 17.7 Å². The van der Waals surface area contributed by atoms with Crippen LogP contribution in [0.4, 0.5) is 5.69 Å². The molecule has 0 radical (unpaired) electrons. The van der Waals surface area contributed by atoms with Gasteiger partial charge in [-0.25, -0.2) is 0 Å². The molecule has 0 saturated heterocycles. The molecule has 11 heteroatoms. The summed E-state index contributed by atoms with van der Waals surface area (Å²) >= 11 is 0. The smallest absolute Gasteiger partial charge is 0.244 e. The SMILES string of the molecule is CCCCCCCCOC(C)OCCCCN(CCCCOC(C)OCCCCCCCC)CCN(CCCCOC(C)OCCCCCCCC)CCNC(=O)/C=C/c1ccc(N(C)C)cc1. The number of nitrogens with zero attached hydrogens (tertiary/aromatic N) is 3. The van der Waals surface area contributed by atoms with Gasteiger partial charge in [0.15, 0.2) is 18.9 Å². The van der Waals surface area contributed by atoms with Crippen LogP contribution in [0.1, 0.15) is 201 Å². The number of hydrogen-bond donors (Lipinski definition) is 1. The monoisotopic (exact) mass is 961 g/mol. The molecule has 11 nitrogen and oxygen atoms in total. The van der Waals surface area contributed by atoms with Crippen molar-refractivity contribution in [2.45, 2.75) is 215 Å². The average Bonchev–Trinajstić information content (AvgIpc) is 3.33. The first kappa shape index (κ1) is 63.9. The van der Waals surface area contributed by atoms with Crippen molar-refractivity contribution in [1.29, 1.82) is 0 Å². The molecule has 0 bridgehead atoms. The molecule has 1 aromatic carbocycles. The van der Waals surface area contributed by atoms with Crippen molar-refractivity contribution in [2.24, 2.45) is 0 Å². The number of anilines is 1. The van der Waals surface area contributed by atoms with E-state index < -0.39 is 0 Å². The fourth-order valence-electron chi connectivity index (χ4n) is 8.01. The molecule has 0 aromatic heterocycles. The maximum atomic E-state index is 12.9. The van der Waals surface area contributed by atoms with Crippen molar-refractivity contribution in [3.05, 3.63) is 35.9 Å². The third-order valence-electron chi connectivity index (χ3n) is 12.5. The van der Waals surface area contributed by atoms with E-state index >= 15 is 0 Å². The second-order valence-corrected chi connectivity index (χ2v) is 19.1. The van der Waals surface area contributed by atoms with Crippen molar-refractivity contribution in [3.8, 4) is 0 Å². The number of nitrogens with one attached hydrogen (secondary N) is 1. The van der Waals surface area contributed by atoms with Crippen LogP contribution in [-0.4, -0.2) is 134 Å². The molecule has 0 aliphatic carbocycles. The summed E-state index contributed by atoms with van der Waals surface area (Å²) in [5.41, 5.74) is 2.14. The van der Waals surface area contributed by atoms with Gasteiger partial charge in [-0.3, -0.25) is 4.79 Å². The minimum absolute atomic E-state index is 0.0692. The van der Waals surface area contributed by atoms with E-state index in [0.29, 0.717) is 26.4 Å². The van der Waals surface area contributed by atoms with E-state index in [2.05, 4.69) is 52.9 Å². The number of unbranched alkanes of at least 4 members (excludes halogenated alkanes) is 18. The van der Waals surface area contributed by atoms with Gasteiger partial charge >= 0.3 is 0 Å². The van der Waals surface area contributed by atoms with Crippen molar-refractivity contribution in [3.63, 3.8) is 0 Å². The highest BCUT2D eigenvalue weighted by Crippen LogP contribution is 2.14. The number of amides is 1. The predicted molar refractivity (Wildman–Crippen MR) is 288 cm³/mol. The Kier molecular flexibility index (Phi) is 44.4. The van der Waals surface area contributed by atoms with Crippen LogP contribution in [-0.2, 0) is 33.2 Å². The van der Waals surface area contributed by atoms with Crippen molar-refractivity contribution in [2.75, 3.05) is 104 Å². The first-order valence-electron chi connectivity index (χ1n) is 28.1. The molecule has 0 fully saturated rings. The zero-order chi connectivity index (χ0) is 49.6. The zero-order valence-corrected chi connectivity index (χ0v) is 45.6. The highest BCUT2D eigenvalue weighted by Gasteiger charge is 2.12. The van der Waals surface area contributed by atoms with Gasteiger partial charge in [-0.05, 0) is 122 Å². The molecule has 0 aliphatic heterocycles. The first-order chi connectivity index (χ1) is 33.2. The largest absolute Gasteiger partial charge is 0.378 e. The summed E-state index contributed by atoms with van der Waals surface area (Å²) in [5, 5.41) is 3.14. The van der Waals surface area contributed by atoms with E-state index in [1.54, 1.807) is 6.08 Å². The fraction of sp³-hybridized carbons (Fsp3) is 0.842. The van der Waals surface area contributed by atoms with Gasteiger partial charge in [0.05, 0.1) is 0 Å². The lowest BCUT2D eigenvalue weighted by atomic mass is 10.1. The quantitative estimate of drug-likeness (QED) is 0.0386. The van der Waals surface area contributed by atoms with Crippen molar-refractivity contribution in [1.82, 2.24) is 15.1 Å². The Morgan fingerprint density at radius 3 is 1.13 bits per heavy atom. The van der Waals surface area contributed by atoms with Crippen LogP contribution in [0.25, 0.3) is 6.08 Å². The van der Waals surface area contributed by atoms with Gasteiger partial charge in [0, 0.05) is 91.7 Å². The highest BCUT2D eigenvalue weighted by atomic mass is 16.7. The highest BCUT2D eigenvalue weighted by molar-refractivity contribution is 5.91. The third-order valence-corrected chi connectivity index (χ3v) is 12.5. The standard InChI is InChI=1S/C57H108N4O7/c1-9-12-15-18-21-27-46-63-52(4)66-49-30-24-40-60(41-25-31-50-67-53(5)64-47-28-22-19-16-13-10-2)44-45-61(42-26-32-51-68-54(6)65-48-29-23-20-17-14-11-3)43-39-58-57(62)38-35-55-33-36-56(37-34-55)59(7)8/h33-38,52-54H,9-32,39-51H2,1-8H3,(H,58,62)/b38-35+. The molecule has 0 saturated carbocycles. The Bertz CT molecular complexity index is 1220. The lowest BCUT2D eigenvalue weighted by molar-refractivity contribution is -0.132. The summed E-state index contributed by atoms with van der Waals surface area (Å²) in [6.07, 6.45) is 31.8. The summed E-state index contributed by atoms with van der Waals surface area (Å²) in [7, 11) is 4.06. The van der Waals surface area contributed by atoms with Gasteiger partial charge in [0.1, 0.15) is 0 Å². The van der Waals surface area contributed by atoms with Crippen LogP contribution in [0.15, 0.2) is 30.3 Å². The number of rotatable bonds is 51. The number of carbonyl (C=O) groups is 1. The summed E-state index contributed by atoms with van der Waals surface area (Å²) in [6, 6.07) is 8.22. The molecule has 398 valence electrons. The topological polar surface area (TPSA) is 94.2 Å². The molecule has 1 aromatic rings. The average molecular weight is 962 g/mol. The van der Waals surface area contributed by atoms with E-state index in [9.17, 15) is 4.79 Å². The normalized spacial score (nSPS) is 13.3. The molecule has 68 heavy (non-hydrogen) atoms. The second kappa shape index (κ2) is 47.2. The van der Waals surface area contributed by atoms with Gasteiger partial charge in [0.2, 0.25) is 5.91 Å². The van der Waals surface area contributed by atoms with Gasteiger partial charge < -0.3 is 48.4 Å². The Balaban J connectivity index is 2.75. The van der Waals surface area contributed by atoms with E-state index in [1.807, 2.05) is 53.1 Å². The maximum Gasteiger partial charge on any atom is 0.244 e. The Morgan fingerprint density at radius 1 is 0.456 bits per heavy atom. The molecule has 3 atom stereocenters. The molecule has 1 rings (SSSR count). The maximum absolute atomic E-state index is 12.9. The van der Waals surface area contributed by atoms with Crippen LogP contribution in [0.2, 0.25) is 0 Å². The molecule has 0 aliphatic rings. The minimum Gasteiger partial charge on any atom is -0.378 e. The van der Waals surface area contributed by atoms with Gasteiger partial charge in [-0.2, -0.15) is 0 Å². The molecular weight excluding hydrogens is 853 g/mol. The molecule has 0 spiro atoms. The molecule has 1 N–H and O–H groups in total. The Labute approximate surface area is 419 Å². The van der Waals surface area contributed by atoms with Crippen molar-refractivity contribution < 1.29 is 33.2 Å². The van der Waals surface area contributed by atoms with E-state index in [-0.39, 0.29) is 24.8 Å². The second-order valence-electron chi connectivity index (χ2n) is 19.1. The summed E-state index contributed by atoms with van der Waals surface area (Å²) in [4.78, 5) is 20.1. The summed E-state index contributed by atoms with van der Waals surface area (Å²) in [5.74, 6) is -0.0692. The molecule has 0 heterocycles. The fourth-order valence-corrected chi connectivity index (χ4v) is 8.01. The van der Waals surface area contributed by atoms with E-state index in [0.717, 1.165) is 128 Å². The van der Waals surface area contributed by atoms with Crippen LogP contribution in [0, 0.1) is 0 Å². The third kappa shape index (κ3) is 40.6. The van der Waals surface area contributed by atoms with E-state index in [1.165, 1.54) is 96.3 Å². The van der Waals surface area contributed by atoms with Crippen LogP contribution < -0.4 is 10.2 Å². The first-order valence-corrected chi connectivity index (χ1v) is 28.1. The number of hydrogen-bond acceptors (Lipinski definition) is 10.